The van der Waals surface area contributed by atoms with Crippen LogP contribution in [-0.4, -0.2) is 10.8 Å². The third kappa shape index (κ3) is 2.57. The maximum absolute atomic E-state index is 7.38. The van der Waals surface area contributed by atoms with Gasteiger partial charge in [0.2, 0.25) is 5.06 Å². The molecule has 2 atom stereocenters. The lowest BCUT2D eigenvalue weighted by atomic mass is 9.73. The number of halogens is 1. The van der Waals surface area contributed by atoms with Gasteiger partial charge in [-0.1, -0.05) is 85.6 Å². The van der Waals surface area contributed by atoms with Crippen LogP contribution in [0.15, 0.2) is 71.7 Å². The standard InChI is InChI=1S/C24H26ClNO/c1-4-5-16-21-22(2,3)24(25)23(26-21,19-14-10-7-11-15-19)17-20(27-24)18-12-8-6-9-13-18/h6-15,17H,4-5,16H2,1-3H3/t23-,24+/m1/s1. The van der Waals surface area contributed by atoms with Gasteiger partial charge < -0.3 is 4.74 Å². The van der Waals surface area contributed by atoms with Crippen molar-refractivity contribution in [3.8, 4) is 0 Å². The SMILES string of the molecule is CCCCC1=N[C@@]2(c3ccccc3)C=C(c3ccccc3)O[C@@]2(Cl)C1(C)C. The highest BCUT2D eigenvalue weighted by atomic mass is 35.5. The fourth-order valence-corrected chi connectivity index (χ4v) is 4.67. The van der Waals surface area contributed by atoms with E-state index in [0.29, 0.717) is 0 Å². The number of nitrogens with zero attached hydrogens (tertiary/aromatic N) is 1. The predicted octanol–water partition coefficient (Wildman–Crippen LogP) is 6.56. The van der Waals surface area contributed by atoms with E-state index in [0.717, 1.165) is 41.9 Å². The summed E-state index contributed by atoms with van der Waals surface area (Å²) < 4.78 is 6.55. The first-order valence-electron chi connectivity index (χ1n) is 9.75. The summed E-state index contributed by atoms with van der Waals surface area (Å²) in [5.74, 6) is 0.806. The average molecular weight is 380 g/mol. The van der Waals surface area contributed by atoms with Crippen molar-refractivity contribution in [2.75, 3.05) is 0 Å². The van der Waals surface area contributed by atoms with E-state index in [1.54, 1.807) is 0 Å². The molecule has 0 radical (unpaired) electrons. The second-order valence-corrected chi connectivity index (χ2v) is 8.52. The Hall–Kier alpha value is -2.06. The topological polar surface area (TPSA) is 21.6 Å². The molecule has 3 heteroatoms. The number of aliphatic imine (C=N–C) groups is 1. The summed E-state index contributed by atoms with van der Waals surface area (Å²) in [7, 11) is 0. The average Bonchev–Trinajstić information content (AvgIpc) is 3.09. The highest BCUT2D eigenvalue weighted by Gasteiger charge is 2.70. The van der Waals surface area contributed by atoms with Crippen molar-refractivity contribution in [1.82, 2.24) is 0 Å². The van der Waals surface area contributed by atoms with Gasteiger partial charge in [0.1, 0.15) is 5.76 Å². The minimum Gasteiger partial charge on any atom is -0.467 e. The van der Waals surface area contributed by atoms with Gasteiger partial charge in [-0.2, -0.15) is 0 Å². The van der Waals surface area contributed by atoms with Crippen molar-refractivity contribution in [3.05, 3.63) is 77.9 Å². The van der Waals surface area contributed by atoms with Crippen molar-refractivity contribution in [3.63, 3.8) is 0 Å². The number of ether oxygens (including phenoxy) is 1. The molecule has 0 aliphatic carbocycles. The van der Waals surface area contributed by atoms with Gasteiger partial charge in [-0.05, 0) is 38.3 Å². The highest BCUT2D eigenvalue weighted by molar-refractivity contribution is 6.28. The van der Waals surface area contributed by atoms with Crippen LogP contribution >= 0.6 is 11.6 Å². The van der Waals surface area contributed by atoms with Crippen LogP contribution in [0.25, 0.3) is 5.76 Å². The molecular weight excluding hydrogens is 354 g/mol. The minimum atomic E-state index is -0.977. The first-order chi connectivity index (χ1) is 12.9. The number of hydrogen-bond acceptors (Lipinski definition) is 2. The first-order valence-corrected chi connectivity index (χ1v) is 10.1. The Morgan fingerprint density at radius 3 is 2.22 bits per heavy atom. The third-order valence-electron chi connectivity index (χ3n) is 5.96. The molecule has 27 heavy (non-hydrogen) atoms. The molecule has 2 aromatic rings. The number of alkyl halides is 1. The van der Waals surface area contributed by atoms with Crippen LogP contribution in [0.3, 0.4) is 0 Å². The largest absolute Gasteiger partial charge is 0.467 e. The first kappa shape index (κ1) is 18.3. The fraction of sp³-hybridized carbons (Fsp3) is 0.375. The van der Waals surface area contributed by atoms with Gasteiger partial charge in [0.15, 0.2) is 5.54 Å². The van der Waals surface area contributed by atoms with Gasteiger partial charge in [-0.3, -0.25) is 4.99 Å². The van der Waals surface area contributed by atoms with Gasteiger partial charge in [0, 0.05) is 11.3 Å². The van der Waals surface area contributed by atoms with Crippen LogP contribution in [-0.2, 0) is 10.3 Å². The minimum absolute atomic E-state index is 0.382. The lowest BCUT2D eigenvalue weighted by Gasteiger charge is -2.41. The molecule has 0 unspecified atom stereocenters. The van der Waals surface area contributed by atoms with E-state index in [1.807, 2.05) is 36.4 Å². The molecule has 0 saturated heterocycles. The molecule has 0 amide bonds. The molecule has 140 valence electrons. The molecule has 2 nitrogen and oxygen atoms in total. The molecule has 2 aliphatic heterocycles. The van der Waals surface area contributed by atoms with Crippen LogP contribution in [0, 0.1) is 5.41 Å². The van der Waals surface area contributed by atoms with Crippen LogP contribution in [0.2, 0.25) is 0 Å². The molecule has 0 aromatic heterocycles. The molecule has 0 saturated carbocycles. The van der Waals surface area contributed by atoms with Crippen LogP contribution < -0.4 is 0 Å². The normalized spacial score (nSPS) is 28.3. The Balaban J connectivity index is 1.91. The monoisotopic (exact) mass is 379 g/mol. The van der Waals surface area contributed by atoms with E-state index < -0.39 is 10.6 Å². The molecular formula is C24H26ClNO. The Morgan fingerprint density at radius 2 is 1.59 bits per heavy atom. The molecule has 0 spiro atoms. The van der Waals surface area contributed by atoms with Crippen LogP contribution in [0.1, 0.15) is 51.2 Å². The number of unbranched alkanes of at least 4 members (excludes halogenated alkanes) is 1. The van der Waals surface area contributed by atoms with E-state index in [2.05, 4.69) is 51.1 Å². The summed E-state index contributed by atoms with van der Waals surface area (Å²) >= 11 is 7.38. The number of hydrogen-bond donors (Lipinski definition) is 0. The van der Waals surface area contributed by atoms with E-state index in [9.17, 15) is 0 Å². The Morgan fingerprint density at radius 1 is 0.963 bits per heavy atom. The number of benzene rings is 2. The number of rotatable bonds is 5. The summed E-state index contributed by atoms with van der Waals surface area (Å²) in [5, 5.41) is -0.977. The summed E-state index contributed by atoms with van der Waals surface area (Å²) in [6, 6.07) is 20.5. The van der Waals surface area contributed by atoms with Crippen molar-refractivity contribution >= 4 is 23.1 Å². The Bertz CT molecular complexity index is 887. The van der Waals surface area contributed by atoms with Crippen molar-refractivity contribution in [2.45, 2.75) is 50.6 Å². The van der Waals surface area contributed by atoms with Crippen molar-refractivity contribution in [1.29, 1.82) is 0 Å². The van der Waals surface area contributed by atoms with E-state index >= 15 is 0 Å². The fourth-order valence-electron chi connectivity index (χ4n) is 4.27. The summed E-state index contributed by atoms with van der Waals surface area (Å²) in [6.07, 6.45) is 5.32. The van der Waals surface area contributed by atoms with Crippen LogP contribution in [0.5, 0.6) is 0 Å². The third-order valence-corrected chi connectivity index (χ3v) is 6.79. The maximum Gasteiger partial charge on any atom is 0.225 e. The molecule has 2 heterocycles. The zero-order valence-electron chi connectivity index (χ0n) is 16.2. The van der Waals surface area contributed by atoms with Crippen molar-refractivity contribution < 1.29 is 4.74 Å². The van der Waals surface area contributed by atoms with E-state index in [1.165, 1.54) is 0 Å². The summed E-state index contributed by atoms with van der Waals surface area (Å²) in [6.45, 7) is 6.54. The second-order valence-electron chi connectivity index (χ2n) is 7.99. The van der Waals surface area contributed by atoms with E-state index in [4.69, 9.17) is 21.3 Å². The van der Waals surface area contributed by atoms with Crippen LogP contribution in [0.4, 0.5) is 0 Å². The van der Waals surface area contributed by atoms with Gasteiger partial charge in [-0.15, -0.1) is 0 Å². The van der Waals surface area contributed by atoms with Gasteiger partial charge in [0.25, 0.3) is 0 Å². The lowest BCUT2D eigenvalue weighted by molar-refractivity contribution is 0.0322. The summed E-state index contributed by atoms with van der Waals surface area (Å²) in [4.78, 5) is 5.27. The van der Waals surface area contributed by atoms with Gasteiger partial charge >= 0.3 is 0 Å². The zero-order chi connectivity index (χ0) is 19.1. The Labute approximate surface area is 166 Å². The van der Waals surface area contributed by atoms with Gasteiger partial charge in [0.05, 0.1) is 5.41 Å². The number of fused-ring (bicyclic) bond motifs is 1. The Kier molecular flexibility index (Phi) is 4.43. The maximum atomic E-state index is 7.38. The predicted molar refractivity (Wildman–Crippen MR) is 113 cm³/mol. The smallest absolute Gasteiger partial charge is 0.225 e. The quantitative estimate of drug-likeness (QED) is 0.539. The van der Waals surface area contributed by atoms with Gasteiger partial charge in [-0.25, -0.2) is 0 Å². The molecule has 0 bridgehead atoms. The highest BCUT2D eigenvalue weighted by Crippen LogP contribution is 2.64. The molecule has 2 aromatic carbocycles. The molecule has 2 aliphatic rings. The van der Waals surface area contributed by atoms with E-state index in [-0.39, 0.29) is 5.41 Å². The van der Waals surface area contributed by atoms with Crippen molar-refractivity contribution in [2.24, 2.45) is 10.4 Å². The zero-order valence-corrected chi connectivity index (χ0v) is 17.0. The molecule has 0 N–H and O–H groups in total. The molecule has 0 fully saturated rings. The lowest BCUT2D eigenvalue weighted by Crippen LogP contribution is -2.50. The summed E-state index contributed by atoms with van der Waals surface area (Å²) in [5.41, 5.74) is 2.15. The molecule has 4 rings (SSSR count). The second kappa shape index (κ2) is 6.53.